The van der Waals surface area contributed by atoms with Crippen molar-refractivity contribution in [3.8, 4) is 0 Å². The Labute approximate surface area is 68.3 Å². The molecule has 58 valence electrons. The number of hydrogen-bond donors (Lipinski definition) is 0. The molecule has 0 atom stereocenters. The van der Waals surface area contributed by atoms with Crippen molar-refractivity contribution in [3.05, 3.63) is 12.4 Å². The Morgan fingerprint density at radius 1 is 1.70 bits per heavy atom. The standard InChI is InChI=1S/C7H13N2.ClH/c1-3-4-9-6-5-8(2)7-9;/h4-6H,3,7H2,1-2H3;1H/q+1;/p-1. The molecule has 3 heteroatoms. The second-order valence-electron chi connectivity index (χ2n) is 2.30. The number of halogens is 1. The molecule has 0 spiro atoms. The van der Waals surface area contributed by atoms with Crippen molar-refractivity contribution in [2.45, 2.75) is 13.3 Å². The van der Waals surface area contributed by atoms with Gasteiger partial charge in [-0.15, -0.1) is 0 Å². The maximum atomic E-state index is 2.18. The van der Waals surface area contributed by atoms with E-state index >= 15 is 0 Å². The van der Waals surface area contributed by atoms with E-state index in [9.17, 15) is 0 Å². The zero-order valence-corrected chi connectivity index (χ0v) is 7.17. The molecule has 0 aromatic rings. The van der Waals surface area contributed by atoms with Gasteiger partial charge in [0.25, 0.3) is 0 Å². The van der Waals surface area contributed by atoms with Crippen LogP contribution in [0.2, 0.25) is 0 Å². The van der Waals surface area contributed by atoms with Crippen molar-refractivity contribution in [3.63, 3.8) is 0 Å². The SMILES string of the molecule is CCC=[N+]1C=CN(C)C1.[Cl-]. The zero-order chi connectivity index (χ0) is 6.69. The Morgan fingerprint density at radius 3 is 2.80 bits per heavy atom. The lowest BCUT2D eigenvalue weighted by atomic mass is 10.5. The molecular formula is C7H13ClN2. The van der Waals surface area contributed by atoms with Crippen LogP contribution in [-0.2, 0) is 0 Å². The molecule has 0 fully saturated rings. The second kappa shape index (κ2) is 4.34. The maximum absolute atomic E-state index is 2.18. The molecule has 0 aromatic carbocycles. The van der Waals surface area contributed by atoms with Gasteiger partial charge in [0.2, 0.25) is 6.67 Å². The lowest BCUT2D eigenvalue weighted by Gasteiger charge is -1.98. The molecule has 0 radical (unpaired) electrons. The summed E-state index contributed by atoms with van der Waals surface area (Å²) in [5.74, 6) is 0. The molecule has 0 aromatic heterocycles. The van der Waals surface area contributed by atoms with Crippen LogP contribution < -0.4 is 12.4 Å². The number of nitrogens with zero attached hydrogens (tertiary/aromatic N) is 2. The summed E-state index contributed by atoms with van der Waals surface area (Å²) in [6.45, 7) is 3.15. The van der Waals surface area contributed by atoms with Gasteiger partial charge in [-0.3, -0.25) is 0 Å². The van der Waals surface area contributed by atoms with Crippen molar-refractivity contribution in [2.24, 2.45) is 0 Å². The minimum Gasteiger partial charge on any atom is -1.00 e. The molecule has 0 aliphatic carbocycles. The van der Waals surface area contributed by atoms with Crippen molar-refractivity contribution in [2.75, 3.05) is 13.7 Å². The molecule has 0 saturated carbocycles. The molecule has 0 saturated heterocycles. The Morgan fingerprint density at radius 2 is 2.40 bits per heavy atom. The van der Waals surface area contributed by atoms with Crippen molar-refractivity contribution >= 4 is 6.21 Å². The van der Waals surface area contributed by atoms with Gasteiger partial charge < -0.3 is 17.3 Å². The largest absolute Gasteiger partial charge is 1.00 e. The van der Waals surface area contributed by atoms with Crippen LogP contribution >= 0.6 is 0 Å². The van der Waals surface area contributed by atoms with Crippen LogP contribution in [0.3, 0.4) is 0 Å². The van der Waals surface area contributed by atoms with E-state index in [2.05, 4.69) is 42.1 Å². The third-order valence-electron chi connectivity index (χ3n) is 1.32. The molecule has 0 N–H and O–H groups in total. The lowest BCUT2D eigenvalue weighted by molar-refractivity contribution is -0.458. The molecule has 0 amide bonds. The van der Waals surface area contributed by atoms with E-state index in [0.29, 0.717) is 0 Å². The molecule has 1 heterocycles. The topological polar surface area (TPSA) is 6.25 Å². The van der Waals surface area contributed by atoms with Gasteiger partial charge in [-0.1, -0.05) is 6.92 Å². The highest BCUT2D eigenvalue weighted by Crippen LogP contribution is 1.95. The predicted molar refractivity (Wildman–Crippen MR) is 38.4 cm³/mol. The summed E-state index contributed by atoms with van der Waals surface area (Å²) in [7, 11) is 2.07. The van der Waals surface area contributed by atoms with E-state index < -0.39 is 0 Å². The fourth-order valence-electron chi connectivity index (χ4n) is 0.904. The summed E-state index contributed by atoms with van der Waals surface area (Å²) in [6, 6.07) is 0. The van der Waals surface area contributed by atoms with Crippen LogP contribution in [0.1, 0.15) is 13.3 Å². The minimum absolute atomic E-state index is 0. The Balaban J connectivity index is 0.000000810. The molecular weight excluding hydrogens is 148 g/mol. The summed E-state index contributed by atoms with van der Waals surface area (Å²) in [5.41, 5.74) is 0. The van der Waals surface area contributed by atoms with Crippen LogP contribution in [0, 0.1) is 0 Å². The fourth-order valence-corrected chi connectivity index (χ4v) is 0.904. The van der Waals surface area contributed by atoms with Gasteiger partial charge in [-0.2, -0.15) is 4.58 Å². The van der Waals surface area contributed by atoms with Crippen LogP contribution in [0.25, 0.3) is 0 Å². The van der Waals surface area contributed by atoms with E-state index in [0.717, 1.165) is 13.1 Å². The second-order valence-corrected chi connectivity index (χ2v) is 2.30. The van der Waals surface area contributed by atoms with Gasteiger partial charge in [0.15, 0.2) is 6.20 Å². The molecule has 0 bridgehead atoms. The highest BCUT2D eigenvalue weighted by molar-refractivity contribution is 5.50. The van der Waals surface area contributed by atoms with Crippen LogP contribution in [-0.4, -0.2) is 29.4 Å². The fraction of sp³-hybridized carbons (Fsp3) is 0.571. The Hall–Kier alpha value is -0.500. The van der Waals surface area contributed by atoms with Crippen LogP contribution in [0.15, 0.2) is 12.4 Å². The summed E-state index contributed by atoms with van der Waals surface area (Å²) in [4.78, 5) is 2.14. The van der Waals surface area contributed by atoms with E-state index in [1.54, 1.807) is 0 Å². The molecule has 10 heavy (non-hydrogen) atoms. The monoisotopic (exact) mass is 160 g/mol. The van der Waals surface area contributed by atoms with Gasteiger partial charge in [0.1, 0.15) is 6.21 Å². The van der Waals surface area contributed by atoms with Crippen LogP contribution in [0.4, 0.5) is 0 Å². The first-order valence-electron chi connectivity index (χ1n) is 3.30. The molecule has 0 unspecified atom stereocenters. The highest BCUT2D eigenvalue weighted by atomic mass is 35.5. The van der Waals surface area contributed by atoms with Gasteiger partial charge in [-0.05, 0) is 0 Å². The first-order chi connectivity index (χ1) is 4.33. The molecule has 1 aliphatic rings. The van der Waals surface area contributed by atoms with Gasteiger partial charge in [0.05, 0.1) is 6.20 Å². The quantitative estimate of drug-likeness (QED) is 0.397. The predicted octanol–water partition coefficient (Wildman–Crippen LogP) is -2.14. The maximum Gasteiger partial charge on any atom is 0.223 e. The minimum atomic E-state index is 0. The lowest BCUT2D eigenvalue weighted by Crippen LogP contribution is -3.00. The zero-order valence-electron chi connectivity index (χ0n) is 6.42. The first-order valence-corrected chi connectivity index (χ1v) is 3.30. The Kier molecular flexibility index (Phi) is 4.12. The van der Waals surface area contributed by atoms with Gasteiger partial charge in [0, 0.05) is 13.5 Å². The highest BCUT2D eigenvalue weighted by Gasteiger charge is 2.08. The first kappa shape index (κ1) is 9.50. The van der Waals surface area contributed by atoms with E-state index in [1.165, 1.54) is 0 Å². The average molecular weight is 161 g/mol. The van der Waals surface area contributed by atoms with Crippen LogP contribution in [0.5, 0.6) is 0 Å². The van der Waals surface area contributed by atoms with E-state index in [1.807, 2.05) is 0 Å². The summed E-state index contributed by atoms with van der Waals surface area (Å²) in [5, 5.41) is 0. The average Bonchev–Trinajstić information content (AvgIpc) is 2.17. The number of rotatable bonds is 1. The smallest absolute Gasteiger partial charge is 0.223 e. The van der Waals surface area contributed by atoms with E-state index in [-0.39, 0.29) is 12.4 Å². The van der Waals surface area contributed by atoms with E-state index in [4.69, 9.17) is 0 Å². The van der Waals surface area contributed by atoms with Gasteiger partial charge >= 0.3 is 0 Å². The van der Waals surface area contributed by atoms with Crippen molar-refractivity contribution in [1.29, 1.82) is 0 Å². The normalized spacial score (nSPS) is 19.8. The molecule has 2 nitrogen and oxygen atoms in total. The van der Waals surface area contributed by atoms with Crippen molar-refractivity contribution in [1.82, 2.24) is 4.90 Å². The summed E-state index contributed by atoms with van der Waals surface area (Å²) >= 11 is 0. The Bertz CT molecular complexity index is 152. The van der Waals surface area contributed by atoms with Crippen molar-refractivity contribution < 1.29 is 17.0 Å². The third-order valence-corrected chi connectivity index (χ3v) is 1.32. The molecule has 1 aliphatic heterocycles. The summed E-state index contributed by atoms with van der Waals surface area (Å²) < 4.78 is 2.18. The molecule has 1 rings (SSSR count). The summed E-state index contributed by atoms with van der Waals surface area (Å²) in [6.07, 6.45) is 7.45. The third kappa shape index (κ3) is 2.40. The van der Waals surface area contributed by atoms with Gasteiger partial charge in [-0.25, -0.2) is 0 Å². The number of hydrogen-bond acceptors (Lipinski definition) is 1.